The summed E-state index contributed by atoms with van der Waals surface area (Å²) in [5, 5.41) is 0. The zero-order chi connectivity index (χ0) is 13.1. The summed E-state index contributed by atoms with van der Waals surface area (Å²) in [4.78, 5) is 2.59. The van der Waals surface area contributed by atoms with Gasteiger partial charge in [-0.3, -0.25) is 0 Å². The van der Waals surface area contributed by atoms with Gasteiger partial charge in [-0.05, 0) is 56.2 Å². The van der Waals surface area contributed by atoms with Gasteiger partial charge in [-0.25, -0.2) is 0 Å². The van der Waals surface area contributed by atoms with E-state index in [1.807, 2.05) is 0 Å². The highest BCUT2D eigenvalue weighted by atomic mass is 32.2. The van der Waals surface area contributed by atoms with E-state index in [1.165, 1.54) is 43.7 Å². The van der Waals surface area contributed by atoms with E-state index in [0.29, 0.717) is 6.04 Å². The lowest BCUT2D eigenvalue weighted by molar-refractivity contribution is 0.133. The van der Waals surface area contributed by atoms with Gasteiger partial charge < -0.3 is 10.6 Å². The molecule has 0 aromatic rings. The van der Waals surface area contributed by atoms with Crippen molar-refractivity contribution in [2.75, 3.05) is 25.1 Å². The van der Waals surface area contributed by atoms with Crippen molar-refractivity contribution in [3.63, 3.8) is 0 Å². The summed E-state index contributed by atoms with van der Waals surface area (Å²) in [7, 11) is 2.31. The Hall–Kier alpha value is 0.270. The van der Waals surface area contributed by atoms with Gasteiger partial charge in [0, 0.05) is 24.4 Å². The molecular formula is C15H30N2S. The van der Waals surface area contributed by atoms with E-state index in [-0.39, 0.29) is 0 Å². The van der Waals surface area contributed by atoms with Gasteiger partial charge in [0.1, 0.15) is 0 Å². The van der Waals surface area contributed by atoms with Crippen molar-refractivity contribution >= 4 is 11.8 Å². The molecule has 1 saturated carbocycles. The molecular weight excluding hydrogens is 240 g/mol. The second-order valence-corrected chi connectivity index (χ2v) is 7.85. The van der Waals surface area contributed by atoms with Gasteiger partial charge in [-0.2, -0.15) is 11.8 Å². The molecule has 1 aliphatic heterocycles. The zero-order valence-electron chi connectivity index (χ0n) is 12.3. The van der Waals surface area contributed by atoms with Crippen molar-refractivity contribution in [1.29, 1.82) is 0 Å². The fourth-order valence-corrected chi connectivity index (χ4v) is 4.83. The van der Waals surface area contributed by atoms with E-state index in [2.05, 4.69) is 37.6 Å². The molecule has 1 aliphatic carbocycles. The molecule has 2 N–H and O–H groups in total. The molecule has 1 heterocycles. The minimum atomic E-state index is 0.441. The first-order valence-corrected chi connectivity index (χ1v) is 8.77. The molecule has 1 saturated heterocycles. The van der Waals surface area contributed by atoms with Crippen LogP contribution < -0.4 is 5.73 Å². The van der Waals surface area contributed by atoms with Gasteiger partial charge in [0.2, 0.25) is 0 Å². The van der Waals surface area contributed by atoms with Gasteiger partial charge in [0.25, 0.3) is 0 Å². The first-order chi connectivity index (χ1) is 8.58. The van der Waals surface area contributed by atoms with E-state index in [4.69, 9.17) is 5.73 Å². The monoisotopic (exact) mass is 270 g/mol. The van der Waals surface area contributed by atoms with Crippen LogP contribution in [0.1, 0.15) is 39.5 Å². The summed E-state index contributed by atoms with van der Waals surface area (Å²) >= 11 is 2.11. The highest BCUT2D eigenvalue weighted by Gasteiger charge is 2.32. The maximum atomic E-state index is 6.36. The van der Waals surface area contributed by atoms with Crippen LogP contribution in [0.2, 0.25) is 0 Å². The van der Waals surface area contributed by atoms with Crippen LogP contribution in [0.25, 0.3) is 0 Å². The lowest BCUT2D eigenvalue weighted by Gasteiger charge is -2.39. The molecule has 18 heavy (non-hydrogen) atoms. The average Bonchev–Trinajstić information content (AvgIpc) is 2.85. The van der Waals surface area contributed by atoms with Crippen molar-refractivity contribution in [3.8, 4) is 0 Å². The first kappa shape index (κ1) is 14.7. The van der Waals surface area contributed by atoms with Crippen LogP contribution in [0.3, 0.4) is 0 Å². The minimum absolute atomic E-state index is 0.441. The van der Waals surface area contributed by atoms with Crippen molar-refractivity contribution in [3.05, 3.63) is 0 Å². The summed E-state index contributed by atoms with van der Waals surface area (Å²) in [5.41, 5.74) is 6.36. The van der Waals surface area contributed by atoms with Crippen molar-refractivity contribution in [1.82, 2.24) is 4.90 Å². The number of nitrogens with two attached hydrogens (primary N) is 1. The molecule has 106 valence electrons. The van der Waals surface area contributed by atoms with Gasteiger partial charge in [0.15, 0.2) is 0 Å². The van der Waals surface area contributed by atoms with Crippen LogP contribution >= 0.6 is 11.8 Å². The van der Waals surface area contributed by atoms with Crippen molar-refractivity contribution in [2.45, 2.75) is 51.6 Å². The molecule has 0 aromatic heterocycles. The number of thioether (sulfide) groups is 1. The average molecular weight is 270 g/mol. The number of rotatable bonds is 4. The Labute approximate surface area is 117 Å². The van der Waals surface area contributed by atoms with Gasteiger partial charge in [0.05, 0.1) is 0 Å². The van der Waals surface area contributed by atoms with Crippen LogP contribution in [0.4, 0.5) is 0 Å². The Morgan fingerprint density at radius 1 is 1.28 bits per heavy atom. The zero-order valence-corrected chi connectivity index (χ0v) is 13.1. The first-order valence-electron chi connectivity index (χ1n) is 7.61. The molecule has 0 aromatic carbocycles. The SMILES string of the molecule is CC(C)C1CCC(N)C(CN(C)C2CCSC2)C1. The van der Waals surface area contributed by atoms with Crippen LogP contribution in [0.15, 0.2) is 0 Å². The molecule has 0 radical (unpaired) electrons. The minimum Gasteiger partial charge on any atom is -0.327 e. The normalized spacial score (nSPS) is 37.7. The van der Waals surface area contributed by atoms with Crippen LogP contribution in [-0.2, 0) is 0 Å². The molecule has 4 atom stereocenters. The Morgan fingerprint density at radius 3 is 2.67 bits per heavy atom. The second-order valence-electron chi connectivity index (χ2n) is 6.70. The smallest absolute Gasteiger partial charge is 0.0191 e. The Kier molecular flexibility index (Phi) is 5.40. The third-order valence-electron chi connectivity index (χ3n) is 5.08. The predicted molar refractivity (Wildman–Crippen MR) is 82.0 cm³/mol. The number of hydrogen-bond acceptors (Lipinski definition) is 3. The fraction of sp³-hybridized carbons (Fsp3) is 1.00. The molecule has 3 heteroatoms. The van der Waals surface area contributed by atoms with Gasteiger partial charge >= 0.3 is 0 Å². The number of hydrogen-bond donors (Lipinski definition) is 1. The highest BCUT2D eigenvalue weighted by molar-refractivity contribution is 7.99. The Balaban J connectivity index is 1.85. The summed E-state index contributed by atoms with van der Waals surface area (Å²) in [5.74, 6) is 5.13. The van der Waals surface area contributed by atoms with Gasteiger partial charge in [-0.15, -0.1) is 0 Å². The highest BCUT2D eigenvalue weighted by Crippen LogP contribution is 2.34. The topological polar surface area (TPSA) is 29.3 Å². The summed E-state index contributed by atoms with van der Waals surface area (Å²) < 4.78 is 0. The van der Waals surface area contributed by atoms with E-state index in [0.717, 1.165) is 23.8 Å². The fourth-order valence-electron chi connectivity index (χ4n) is 3.53. The quantitative estimate of drug-likeness (QED) is 0.852. The summed E-state index contributed by atoms with van der Waals surface area (Å²) in [6.45, 7) is 5.96. The van der Waals surface area contributed by atoms with E-state index in [1.54, 1.807) is 0 Å². The maximum absolute atomic E-state index is 6.36. The number of nitrogens with zero attached hydrogens (tertiary/aromatic N) is 1. The Morgan fingerprint density at radius 2 is 2.06 bits per heavy atom. The summed E-state index contributed by atoms with van der Waals surface area (Å²) in [6.07, 6.45) is 5.30. The van der Waals surface area contributed by atoms with Gasteiger partial charge in [-0.1, -0.05) is 13.8 Å². The van der Waals surface area contributed by atoms with E-state index in [9.17, 15) is 0 Å². The third kappa shape index (κ3) is 3.64. The molecule has 0 spiro atoms. The maximum Gasteiger partial charge on any atom is 0.0191 e. The van der Waals surface area contributed by atoms with Crippen molar-refractivity contribution in [2.24, 2.45) is 23.5 Å². The molecule has 0 bridgehead atoms. The van der Waals surface area contributed by atoms with Crippen molar-refractivity contribution < 1.29 is 0 Å². The molecule has 2 rings (SSSR count). The van der Waals surface area contributed by atoms with E-state index < -0.39 is 0 Å². The molecule has 0 amide bonds. The molecule has 2 aliphatic rings. The van der Waals surface area contributed by atoms with Crippen LogP contribution in [-0.4, -0.2) is 42.1 Å². The predicted octanol–water partition coefficient (Wildman–Crippen LogP) is 2.82. The largest absolute Gasteiger partial charge is 0.327 e. The molecule has 2 fully saturated rings. The third-order valence-corrected chi connectivity index (χ3v) is 6.22. The molecule has 4 unspecified atom stereocenters. The lowest BCUT2D eigenvalue weighted by Crippen LogP contribution is -2.45. The second kappa shape index (κ2) is 6.62. The van der Waals surface area contributed by atoms with Crippen LogP contribution in [0.5, 0.6) is 0 Å². The molecule has 2 nitrogen and oxygen atoms in total. The Bertz CT molecular complexity index is 251. The van der Waals surface area contributed by atoms with E-state index >= 15 is 0 Å². The summed E-state index contributed by atoms with van der Waals surface area (Å²) in [6, 6.07) is 1.25. The lowest BCUT2D eigenvalue weighted by atomic mass is 9.73. The standard InChI is InChI=1S/C15H30N2S/c1-11(2)12-4-5-15(16)13(8-12)9-17(3)14-6-7-18-10-14/h11-15H,4-10,16H2,1-3H3. The van der Waals surface area contributed by atoms with Crippen LogP contribution in [0, 0.1) is 17.8 Å².